The number of aromatic nitrogens is 1. The summed E-state index contributed by atoms with van der Waals surface area (Å²) in [7, 11) is 1.84. The Kier molecular flexibility index (Phi) is 5.00. The fourth-order valence-electron chi connectivity index (χ4n) is 3.03. The first-order valence-electron chi connectivity index (χ1n) is 8.21. The third-order valence-corrected chi connectivity index (χ3v) is 4.69. The zero-order valence-electron chi connectivity index (χ0n) is 14.6. The van der Waals surface area contributed by atoms with Crippen LogP contribution >= 0.6 is 11.6 Å². The number of halogens is 1. The number of rotatable bonds is 5. The van der Waals surface area contributed by atoms with Gasteiger partial charge in [0, 0.05) is 18.0 Å². The van der Waals surface area contributed by atoms with Crippen molar-refractivity contribution in [1.82, 2.24) is 9.88 Å². The van der Waals surface area contributed by atoms with Gasteiger partial charge in [0.25, 0.3) is 5.91 Å². The van der Waals surface area contributed by atoms with E-state index in [0.717, 1.165) is 27.8 Å². The number of carbonyl (C=O) groups is 1. The van der Waals surface area contributed by atoms with Gasteiger partial charge in [-0.2, -0.15) is 0 Å². The van der Waals surface area contributed by atoms with Crippen LogP contribution < -0.4 is 10.1 Å². The van der Waals surface area contributed by atoms with Gasteiger partial charge in [0.1, 0.15) is 18.1 Å². The Morgan fingerprint density at radius 1 is 1.12 bits per heavy atom. The van der Waals surface area contributed by atoms with Gasteiger partial charge >= 0.3 is 0 Å². The zero-order valence-corrected chi connectivity index (χ0v) is 15.4. The van der Waals surface area contributed by atoms with Crippen molar-refractivity contribution in [3.63, 3.8) is 0 Å². The molecule has 25 heavy (non-hydrogen) atoms. The van der Waals surface area contributed by atoms with Crippen LogP contribution in [0.4, 0.5) is 0 Å². The van der Waals surface area contributed by atoms with Crippen molar-refractivity contribution in [3.8, 4) is 5.75 Å². The van der Waals surface area contributed by atoms with Crippen LogP contribution in [0.15, 0.2) is 42.5 Å². The fourth-order valence-corrected chi connectivity index (χ4v) is 3.40. The molecule has 1 N–H and O–H groups in total. The molecule has 1 amide bonds. The van der Waals surface area contributed by atoms with Crippen LogP contribution in [0, 0.1) is 13.8 Å². The molecule has 0 bridgehead atoms. The number of para-hydroxylation sites is 2. The average Bonchev–Trinajstić information content (AvgIpc) is 2.85. The first-order chi connectivity index (χ1) is 12.0. The summed E-state index contributed by atoms with van der Waals surface area (Å²) in [6.07, 6.45) is 0. The lowest BCUT2D eigenvalue weighted by Crippen LogP contribution is -2.29. The molecule has 0 saturated carbocycles. The predicted octanol–water partition coefficient (Wildman–Crippen LogP) is 4.26. The molecule has 0 unspecified atom stereocenters. The number of hydrogen-bond donors (Lipinski definition) is 1. The number of fused-ring (bicyclic) bond motifs is 1. The second-order valence-electron chi connectivity index (χ2n) is 6.06. The van der Waals surface area contributed by atoms with Crippen molar-refractivity contribution < 1.29 is 9.53 Å². The molecule has 0 aliphatic rings. The van der Waals surface area contributed by atoms with Gasteiger partial charge in [0.2, 0.25) is 0 Å². The molecule has 0 fully saturated rings. The SMILES string of the molecule is Cc1cccc(C)c1OCCNC(=O)c1c(Cl)c2ccccc2n1C. The summed E-state index contributed by atoms with van der Waals surface area (Å²) in [4.78, 5) is 12.5. The Balaban J connectivity index is 1.66. The van der Waals surface area contributed by atoms with Gasteiger partial charge in [-0.3, -0.25) is 4.79 Å². The number of carbonyl (C=O) groups excluding carboxylic acids is 1. The molecule has 5 heteroatoms. The first kappa shape index (κ1) is 17.4. The van der Waals surface area contributed by atoms with Gasteiger partial charge in [-0.25, -0.2) is 0 Å². The average molecular weight is 357 g/mol. The van der Waals surface area contributed by atoms with Crippen LogP contribution in [-0.4, -0.2) is 23.6 Å². The minimum absolute atomic E-state index is 0.200. The van der Waals surface area contributed by atoms with Gasteiger partial charge in [0.05, 0.1) is 11.6 Å². The Morgan fingerprint density at radius 3 is 2.48 bits per heavy atom. The predicted molar refractivity (Wildman–Crippen MR) is 102 cm³/mol. The van der Waals surface area contributed by atoms with E-state index in [9.17, 15) is 4.79 Å². The second-order valence-corrected chi connectivity index (χ2v) is 6.44. The van der Waals surface area contributed by atoms with Crippen LogP contribution in [0.3, 0.4) is 0 Å². The van der Waals surface area contributed by atoms with E-state index in [1.165, 1.54) is 0 Å². The van der Waals surface area contributed by atoms with E-state index in [-0.39, 0.29) is 5.91 Å². The van der Waals surface area contributed by atoms with Gasteiger partial charge < -0.3 is 14.6 Å². The molecular formula is C20H21ClN2O2. The molecule has 0 saturated heterocycles. The summed E-state index contributed by atoms with van der Waals surface area (Å²) < 4.78 is 7.64. The van der Waals surface area contributed by atoms with Crippen LogP contribution in [0.25, 0.3) is 10.9 Å². The number of nitrogens with zero attached hydrogens (tertiary/aromatic N) is 1. The molecule has 2 aromatic carbocycles. The fraction of sp³-hybridized carbons (Fsp3) is 0.250. The normalized spacial score (nSPS) is 10.9. The van der Waals surface area contributed by atoms with E-state index in [2.05, 4.69) is 5.32 Å². The molecule has 130 valence electrons. The molecule has 1 aromatic heterocycles. The molecule has 0 radical (unpaired) electrons. The number of amides is 1. The van der Waals surface area contributed by atoms with E-state index in [1.807, 2.05) is 67.9 Å². The molecule has 0 aliphatic heterocycles. The highest BCUT2D eigenvalue weighted by Gasteiger charge is 2.19. The van der Waals surface area contributed by atoms with Crippen molar-refractivity contribution in [2.24, 2.45) is 7.05 Å². The smallest absolute Gasteiger partial charge is 0.269 e. The van der Waals surface area contributed by atoms with Crippen molar-refractivity contribution in [2.45, 2.75) is 13.8 Å². The minimum atomic E-state index is -0.200. The first-order valence-corrected chi connectivity index (χ1v) is 8.58. The van der Waals surface area contributed by atoms with E-state index < -0.39 is 0 Å². The topological polar surface area (TPSA) is 43.3 Å². The van der Waals surface area contributed by atoms with E-state index in [0.29, 0.717) is 23.9 Å². The van der Waals surface area contributed by atoms with Crippen LogP contribution in [0.2, 0.25) is 5.02 Å². The number of nitrogens with one attached hydrogen (secondary N) is 1. The number of ether oxygens (including phenoxy) is 1. The lowest BCUT2D eigenvalue weighted by molar-refractivity contribution is 0.0939. The molecule has 0 spiro atoms. The highest BCUT2D eigenvalue weighted by Crippen LogP contribution is 2.29. The van der Waals surface area contributed by atoms with Crippen molar-refractivity contribution in [3.05, 3.63) is 64.3 Å². The molecule has 0 aliphatic carbocycles. The number of benzene rings is 2. The van der Waals surface area contributed by atoms with Gasteiger partial charge in [-0.05, 0) is 31.0 Å². The number of hydrogen-bond acceptors (Lipinski definition) is 2. The third-order valence-electron chi connectivity index (χ3n) is 4.30. The zero-order chi connectivity index (χ0) is 18.0. The van der Waals surface area contributed by atoms with E-state index >= 15 is 0 Å². The highest BCUT2D eigenvalue weighted by atomic mass is 35.5. The Morgan fingerprint density at radius 2 is 1.80 bits per heavy atom. The monoisotopic (exact) mass is 356 g/mol. The maximum absolute atomic E-state index is 12.5. The highest BCUT2D eigenvalue weighted by molar-refractivity contribution is 6.38. The van der Waals surface area contributed by atoms with E-state index in [4.69, 9.17) is 16.3 Å². The van der Waals surface area contributed by atoms with Crippen molar-refractivity contribution >= 4 is 28.4 Å². The Bertz CT molecular complexity index is 872. The van der Waals surface area contributed by atoms with Gasteiger partial charge in [-0.1, -0.05) is 48.0 Å². The largest absolute Gasteiger partial charge is 0.491 e. The van der Waals surface area contributed by atoms with E-state index in [1.54, 1.807) is 0 Å². The standard InChI is InChI=1S/C20H21ClN2O2/c1-13-7-6-8-14(2)19(13)25-12-11-22-20(24)18-17(21)15-9-4-5-10-16(15)23(18)3/h4-10H,11-12H2,1-3H3,(H,22,24). The van der Waals surface area contributed by atoms with Crippen LogP contribution in [0.5, 0.6) is 5.75 Å². The van der Waals surface area contributed by atoms with Crippen molar-refractivity contribution in [1.29, 1.82) is 0 Å². The molecular weight excluding hydrogens is 336 g/mol. The molecule has 3 rings (SSSR count). The Hall–Kier alpha value is -2.46. The molecule has 0 atom stereocenters. The number of aryl methyl sites for hydroxylation is 3. The second kappa shape index (κ2) is 7.19. The lowest BCUT2D eigenvalue weighted by Gasteiger charge is -2.12. The summed E-state index contributed by atoms with van der Waals surface area (Å²) in [6, 6.07) is 13.7. The summed E-state index contributed by atoms with van der Waals surface area (Å²) in [5.41, 5.74) is 3.57. The molecule has 4 nitrogen and oxygen atoms in total. The molecule has 1 heterocycles. The third kappa shape index (κ3) is 3.35. The summed E-state index contributed by atoms with van der Waals surface area (Å²) in [6.45, 7) is 4.83. The summed E-state index contributed by atoms with van der Waals surface area (Å²) >= 11 is 6.39. The quantitative estimate of drug-likeness (QED) is 0.694. The maximum Gasteiger partial charge on any atom is 0.269 e. The maximum atomic E-state index is 12.5. The van der Waals surface area contributed by atoms with Gasteiger partial charge in [-0.15, -0.1) is 0 Å². The Labute approximate surface area is 152 Å². The van der Waals surface area contributed by atoms with Crippen LogP contribution in [0.1, 0.15) is 21.6 Å². The summed E-state index contributed by atoms with van der Waals surface area (Å²) in [5, 5.41) is 4.24. The lowest BCUT2D eigenvalue weighted by atomic mass is 10.1. The van der Waals surface area contributed by atoms with Crippen LogP contribution in [-0.2, 0) is 7.05 Å². The summed E-state index contributed by atoms with van der Waals surface area (Å²) in [5.74, 6) is 0.674. The molecule has 3 aromatic rings. The van der Waals surface area contributed by atoms with Gasteiger partial charge in [0.15, 0.2) is 0 Å². The minimum Gasteiger partial charge on any atom is -0.491 e. The van der Waals surface area contributed by atoms with Crippen molar-refractivity contribution in [2.75, 3.05) is 13.2 Å².